The second-order valence-corrected chi connectivity index (χ2v) is 8.19. The number of hydrogen-bond acceptors (Lipinski definition) is 3. The van der Waals surface area contributed by atoms with Crippen molar-refractivity contribution in [2.45, 2.75) is 26.2 Å². The standard InChI is InChI=1S/C24H27N3O2/c1-19-21(10-5-13-25-19)23(29)26-15-11-24(12-16-26)17-22(28)27(18-24)14-6-9-20-7-3-2-4-8-20/h2-10,13H,11-12,14-18H2,1H3/b9-6+. The summed E-state index contributed by atoms with van der Waals surface area (Å²) in [7, 11) is 0. The van der Waals surface area contributed by atoms with Gasteiger partial charge in [-0.1, -0.05) is 42.5 Å². The summed E-state index contributed by atoms with van der Waals surface area (Å²) in [5.41, 5.74) is 2.61. The molecule has 29 heavy (non-hydrogen) atoms. The molecule has 2 aromatic rings. The lowest BCUT2D eigenvalue weighted by atomic mass is 9.77. The van der Waals surface area contributed by atoms with Crippen LogP contribution in [0.5, 0.6) is 0 Å². The van der Waals surface area contributed by atoms with Crippen LogP contribution >= 0.6 is 0 Å². The molecule has 2 amide bonds. The molecular formula is C24H27N3O2. The van der Waals surface area contributed by atoms with Gasteiger partial charge in [0.25, 0.3) is 5.91 Å². The van der Waals surface area contributed by atoms with E-state index in [0.29, 0.717) is 31.6 Å². The van der Waals surface area contributed by atoms with Crippen molar-refractivity contribution in [2.75, 3.05) is 26.2 Å². The van der Waals surface area contributed by atoms with Gasteiger partial charge in [0, 0.05) is 49.9 Å². The van der Waals surface area contributed by atoms with Gasteiger partial charge in [-0.25, -0.2) is 0 Å². The Balaban J connectivity index is 1.34. The molecule has 0 unspecified atom stereocenters. The van der Waals surface area contributed by atoms with Crippen LogP contribution in [0, 0.1) is 12.3 Å². The molecule has 1 spiro atoms. The number of carbonyl (C=O) groups excluding carboxylic acids is 2. The lowest BCUT2D eigenvalue weighted by molar-refractivity contribution is -0.127. The van der Waals surface area contributed by atoms with Crippen molar-refractivity contribution in [1.82, 2.24) is 14.8 Å². The number of aryl methyl sites for hydroxylation is 1. The van der Waals surface area contributed by atoms with E-state index in [9.17, 15) is 9.59 Å². The lowest BCUT2D eigenvalue weighted by Gasteiger charge is -2.38. The van der Waals surface area contributed by atoms with E-state index >= 15 is 0 Å². The van der Waals surface area contributed by atoms with E-state index in [2.05, 4.69) is 29.3 Å². The van der Waals surface area contributed by atoms with Gasteiger partial charge in [-0.15, -0.1) is 0 Å². The highest BCUT2D eigenvalue weighted by Crippen LogP contribution is 2.41. The molecule has 0 aliphatic carbocycles. The smallest absolute Gasteiger partial charge is 0.255 e. The summed E-state index contributed by atoms with van der Waals surface area (Å²) in [6.45, 7) is 4.71. The van der Waals surface area contributed by atoms with E-state index in [1.165, 1.54) is 0 Å². The fourth-order valence-corrected chi connectivity index (χ4v) is 4.43. The number of amides is 2. The van der Waals surface area contributed by atoms with Gasteiger partial charge < -0.3 is 9.80 Å². The van der Waals surface area contributed by atoms with Crippen molar-refractivity contribution in [3.05, 3.63) is 71.6 Å². The maximum atomic E-state index is 12.8. The van der Waals surface area contributed by atoms with Crippen LogP contribution in [0.15, 0.2) is 54.7 Å². The zero-order valence-corrected chi connectivity index (χ0v) is 16.9. The van der Waals surface area contributed by atoms with E-state index in [4.69, 9.17) is 0 Å². The third kappa shape index (κ3) is 4.24. The highest BCUT2D eigenvalue weighted by Gasteiger charge is 2.45. The average Bonchev–Trinajstić information content (AvgIpc) is 3.04. The molecule has 0 radical (unpaired) electrons. The van der Waals surface area contributed by atoms with Crippen LogP contribution in [0.4, 0.5) is 0 Å². The van der Waals surface area contributed by atoms with E-state index in [0.717, 1.165) is 30.6 Å². The number of piperidine rings is 1. The minimum absolute atomic E-state index is 0.0123. The van der Waals surface area contributed by atoms with Crippen LogP contribution in [0.1, 0.15) is 40.9 Å². The zero-order valence-electron chi connectivity index (χ0n) is 16.9. The summed E-state index contributed by atoms with van der Waals surface area (Å²) < 4.78 is 0. The van der Waals surface area contributed by atoms with E-state index in [-0.39, 0.29) is 17.2 Å². The Hall–Kier alpha value is -2.95. The quantitative estimate of drug-likeness (QED) is 0.803. The first-order chi connectivity index (χ1) is 14.1. The van der Waals surface area contributed by atoms with Crippen molar-refractivity contribution < 1.29 is 9.59 Å². The summed E-state index contributed by atoms with van der Waals surface area (Å²) >= 11 is 0. The monoisotopic (exact) mass is 389 g/mol. The molecule has 3 heterocycles. The van der Waals surface area contributed by atoms with E-state index in [1.54, 1.807) is 6.20 Å². The number of nitrogens with zero attached hydrogens (tertiary/aromatic N) is 3. The lowest BCUT2D eigenvalue weighted by Crippen LogP contribution is -2.44. The van der Waals surface area contributed by atoms with Crippen LogP contribution in [0.25, 0.3) is 6.08 Å². The van der Waals surface area contributed by atoms with Gasteiger partial charge in [-0.3, -0.25) is 14.6 Å². The number of rotatable bonds is 4. The highest BCUT2D eigenvalue weighted by atomic mass is 16.2. The van der Waals surface area contributed by atoms with Crippen LogP contribution in [0.2, 0.25) is 0 Å². The molecule has 5 heteroatoms. The summed E-state index contributed by atoms with van der Waals surface area (Å²) in [6, 6.07) is 13.8. The minimum Gasteiger partial charge on any atom is -0.339 e. The summed E-state index contributed by atoms with van der Waals surface area (Å²) in [4.78, 5) is 33.5. The van der Waals surface area contributed by atoms with Crippen molar-refractivity contribution in [1.29, 1.82) is 0 Å². The number of hydrogen-bond donors (Lipinski definition) is 0. The molecule has 2 aliphatic rings. The van der Waals surface area contributed by atoms with Gasteiger partial charge in [0.2, 0.25) is 5.91 Å². The van der Waals surface area contributed by atoms with Crippen molar-refractivity contribution >= 4 is 17.9 Å². The van der Waals surface area contributed by atoms with Gasteiger partial charge in [0.05, 0.1) is 5.56 Å². The van der Waals surface area contributed by atoms with Gasteiger partial charge >= 0.3 is 0 Å². The molecule has 1 aromatic heterocycles. The Labute approximate surface area is 172 Å². The van der Waals surface area contributed by atoms with Gasteiger partial charge in [-0.2, -0.15) is 0 Å². The van der Waals surface area contributed by atoms with Gasteiger partial charge in [-0.05, 0) is 37.5 Å². The van der Waals surface area contributed by atoms with E-state index in [1.807, 2.05) is 47.1 Å². The van der Waals surface area contributed by atoms with Crippen LogP contribution in [-0.4, -0.2) is 52.8 Å². The predicted octanol–water partition coefficient (Wildman–Crippen LogP) is 3.56. The Morgan fingerprint density at radius 3 is 2.62 bits per heavy atom. The second kappa shape index (κ2) is 8.19. The van der Waals surface area contributed by atoms with Crippen molar-refractivity contribution in [2.24, 2.45) is 5.41 Å². The number of pyridine rings is 1. The number of likely N-dealkylation sites (tertiary alicyclic amines) is 2. The molecule has 2 fully saturated rings. The van der Waals surface area contributed by atoms with Crippen LogP contribution in [-0.2, 0) is 4.79 Å². The molecule has 5 nitrogen and oxygen atoms in total. The normalized spacial score (nSPS) is 18.7. The molecule has 0 N–H and O–H groups in total. The molecule has 4 rings (SSSR count). The fourth-order valence-electron chi connectivity index (χ4n) is 4.43. The summed E-state index contributed by atoms with van der Waals surface area (Å²) in [6.07, 6.45) is 8.19. The van der Waals surface area contributed by atoms with Gasteiger partial charge in [0.1, 0.15) is 0 Å². The Bertz CT molecular complexity index is 915. The Morgan fingerprint density at radius 1 is 1.14 bits per heavy atom. The number of benzene rings is 1. The molecule has 0 bridgehead atoms. The number of aromatic nitrogens is 1. The zero-order chi connectivity index (χ0) is 20.3. The molecular weight excluding hydrogens is 362 g/mol. The van der Waals surface area contributed by atoms with Crippen LogP contribution < -0.4 is 0 Å². The third-order valence-corrected chi connectivity index (χ3v) is 6.19. The first-order valence-electron chi connectivity index (χ1n) is 10.3. The molecule has 0 atom stereocenters. The van der Waals surface area contributed by atoms with Crippen molar-refractivity contribution in [3.8, 4) is 0 Å². The summed E-state index contributed by atoms with van der Waals surface area (Å²) in [5.74, 6) is 0.281. The van der Waals surface area contributed by atoms with Gasteiger partial charge in [0.15, 0.2) is 0 Å². The minimum atomic E-state index is 0.0123. The maximum Gasteiger partial charge on any atom is 0.255 e. The fraction of sp³-hybridized carbons (Fsp3) is 0.375. The SMILES string of the molecule is Cc1ncccc1C(=O)N1CCC2(CC1)CC(=O)N(C/C=C/c1ccccc1)C2. The first kappa shape index (κ1) is 19.4. The number of carbonyl (C=O) groups is 2. The second-order valence-electron chi connectivity index (χ2n) is 8.19. The third-order valence-electron chi connectivity index (χ3n) is 6.19. The van der Waals surface area contributed by atoms with Crippen LogP contribution in [0.3, 0.4) is 0 Å². The molecule has 0 saturated carbocycles. The highest BCUT2D eigenvalue weighted by molar-refractivity contribution is 5.95. The molecule has 2 aliphatic heterocycles. The molecule has 2 saturated heterocycles. The van der Waals surface area contributed by atoms with Crippen molar-refractivity contribution in [3.63, 3.8) is 0 Å². The summed E-state index contributed by atoms with van der Waals surface area (Å²) in [5, 5.41) is 0. The molecule has 1 aromatic carbocycles. The largest absolute Gasteiger partial charge is 0.339 e. The van der Waals surface area contributed by atoms with E-state index < -0.39 is 0 Å². The average molecular weight is 389 g/mol. The predicted molar refractivity (Wildman–Crippen MR) is 113 cm³/mol. The first-order valence-corrected chi connectivity index (χ1v) is 10.3. The maximum absolute atomic E-state index is 12.8. The topological polar surface area (TPSA) is 53.5 Å². The Kier molecular flexibility index (Phi) is 5.47. The Morgan fingerprint density at radius 2 is 1.90 bits per heavy atom. The molecule has 150 valence electrons.